The molecule has 0 saturated heterocycles. The molecule has 5 nitrogen and oxygen atoms in total. The average Bonchev–Trinajstić information content (AvgIpc) is 2.69. The molecule has 0 aliphatic rings. The summed E-state index contributed by atoms with van der Waals surface area (Å²) in [6.07, 6.45) is 9.62. The molecular weight excluding hydrogens is 408 g/mol. The number of methoxy groups -OCH3 is 2. The van der Waals surface area contributed by atoms with Crippen molar-refractivity contribution in [2.75, 3.05) is 20.8 Å². The van der Waals surface area contributed by atoms with Crippen LogP contribution in [0.25, 0.3) is 0 Å². The summed E-state index contributed by atoms with van der Waals surface area (Å²) in [6.45, 7) is 17.8. The van der Waals surface area contributed by atoms with E-state index in [0.29, 0.717) is 18.4 Å². The van der Waals surface area contributed by atoms with Crippen LogP contribution in [0.3, 0.4) is 0 Å². The summed E-state index contributed by atoms with van der Waals surface area (Å²) in [5, 5.41) is 0.210. The van der Waals surface area contributed by atoms with Crippen molar-refractivity contribution < 1.29 is 23.5 Å². The van der Waals surface area contributed by atoms with E-state index in [1.54, 1.807) is 0 Å². The lowest BCUT2D eigenvalue weighted by Gasteiger charge is -2.36. The Bertz CT molecular complexity index is 653. The quantitative estimate of drug-likeness (QED) is 0.0987. The van der Waals surface area contributed by atoms with E-state index in [-0.39, 0.29) is 17.0 Å². The van der Waals surface area contributed by atoms with E-state index in [2.05, 4.69) is 58.2 Å². The zero-order valence-corrected chi connectivity index (χ0v) is 22.1. The first-order chi connectivity index (χ1) is 14.4. The lowest BCUT2D eigenvalue weighted by molar-refractivity contribution is -0.137. The largest absolute Gasteiger partial charge is 0.466 e. The summed E-state index contributed by atoms with van der Waals surface area (Å²) in [4.78, 5) is 23.4. The van der Waals surface area contributed by atoms with Crippen LogP contribution in [-0.4, -0.2) is 41.1 Å². The maximum absolute atomic E-state index is 12.1. The number of allylic oxidation sites excluding steroid dienone is 3. The Kier molecular flexibility index (Phi) is 13.6. The van der Waals surface area contributed by atoms with Crippen molar-refractivity contribution in [2.45, 2.75) is 90.8 Å². The third kappa shape index (κ3) is 12.1. The summed E-state index contributed by atoms with van der Waals surface area (Å²) in [7, 11) is 1.07. The maximum atomic E-state index is 12.1. The molecule has 0 aromatic carbocycles. The third-order valence-electron chi connectivity index (χ3n) is 5.90. The maximum Gasteiger partial charge on any atom is 0.333 e. The number of rotatable bonds is 14. The van der Waals surface area contributed by atoms with Gasteiger partial charge in [-0.3, -0.25) is 0 Å². The van der Waals surface area contributed by atoms with Crippen LogP contribution in [0.4, 0.5) is 0 Å². The molecule has 0 atom stereocenters. The fourth-order valence-electron chi connectivity index (χ4n) is 2.70. The second kappa shape index (κ2) is 14.4. The summed E-state index contributed by atoms with van der Waals surface area (Å²) >= 11 is 0. The minimum absolute atomic E-state index is 0.210. The molecule has 178 valence electrons. The fourth-order valence-corrected chi connectivity index (χ4v) is 3.78. The van der Waals surface area contributed by atoms with Gasteiger partial charge in [-0.05, 0) is 70.0 Å². The number of hydrogen-bond acceptors (Lipinski definition) is 5. The fraction of sp³-hybridized carbons (Fsp3) is 0.680. The third-order valence-corrected chi connectivity index (χ3v) is 10.4. The van der Waals surface area contributed by atoms with Crippen molar-refractivity contribution in [2.24, 2.45) is 0 Å². The molecule has 0 heterocycles. The van der Waals surface area contributed by atoms with Crippen molar-refractivity contribution in [3.63, 3.8) is 0 Å². The molecule has 6 heteroatoms. The Balaban J connectivity index is 4.49. The standard InChI is InChI=1S/C25H44O5Si/c1-20(14-12-16-21(2)23(26)28-6)15-13-18-22(24(27)29-7)17-10-11-19-30-31(8,9)25(3,4)5/h14,18H,2,10-13,15-17,19H2,1,3-9H3/b20-14+,22-18+. The predicted octanol–water partition coefficient (Wildman–Crippen LogP) is 6.51. The highest BCUT2D eigenvalue weighted by atomic mass is 28.4. The Labute approximate surface area is 191 Å². The lowest BCUT2D eigenvalue weighted by Crippen LogP contribution is -2.40. The molecular formula is C25H44O5Si. The van der Waals surface area contributed by atoms with Gasteiger partial charge >= 0.3 is 11.9 Å². The van der Waals surface area contributed by atoms with Gasteiger partial charge in [-0.2, -0.15) is 0 Å². The minimum atomic E-state index is -1.71. The second-order valence-corrected chi connectivity index (χ2v) is 14.3. The molecule has 0 amide bonds. The summed E-state index contributed by atoms with van der Waals surface area (Å²) in [5.41, 5.74) is 2.44. The Morgan fingerprint density at radius 2 is 1.48 bits per heavy atom. The molecule has 0 unspecified atom stereocenters. The number of carbonyl (C=O) groups excluding carboxylic acids is 2. The first-order valence-electron chi connectivity index (χ1n) is 11.2. The van der Waals surface area contributed by atoms with Gasteiger partial charge in [0, 0.05) is 17.8 Å². The van der Waals surface area contributed by atoms with Crippen molar-refractivity contribution in [3.8, 4) is 0 Å². The molecule has 0 N–H and O–H groups in total. The first kappa shape index (κ1) is 29.3. The van der Waals surface area contributed by atoms with Crippen LogP contribution in [0.2, 0.25) is 18.1 Å². The Morgan fingerprint density at radius 1 is 0.903 bits per heavy atom. The number of carbonyl (C=O) groups is 2. The number of hydrogen-bond donors (Lipinski definition) is 0. The van der Waals surface area contributed by atoms with E-state index in [4.69, 9.17) is 9.16 Å². The second-order valence-electron chi connectivity index (χ2n) is 9.51. The number of ether oxygens (including phenoxy) is 2. The van der Waals surface area contributed by atoms with Gasteiger partial charge in [-0.25, -0.2) is 9.59 Å². The highest BCUT2D eigenvalue weighted by Crippen LogP contribution is 2.36. The van der Waals surface area contributed by atoms with Crippen LogP contribution in [0, 0.1) is 0 Å². The van der Waals surface area contributed by atoms with Crippen molar-refractivity contribution in [1.82, 2.24) is 0 Å². The van der Waals surface area contributed by atoms with Gasteiger partial charge in [-0.15, -0.1) is 0 Å². The normalized spacial score (nSPS) is 13.2. The van der Waals surface area contributed by atoms with E-state index in [0.717, 1.165) is 44.3 Å². The molecule has 0 saturated carbocycles. The van der Waals surface area contributed by atoms with Gasteiger partial charge in [-0.1, -0.05) is 45.1 Å². The summed E-state index contributed by atoms with van der Waals surface area (Å²) in [6, 6.07) is 0. The molecule has 0 aromatic rings. The van der Waals surface area contributed by atoms with Crippen molar-refractivity contribution in [3.05, 3.63) is 35.5 Å². The van der Waals surface area contributed by atoms with Crippen molar-refractivity contribution >= 4 is 20.3 Å². The lowest BCUT2D eigenvalue weighted by atomic mass is 10.0. The summed E-state index contributed by atoms with van der Waals surface area (Å²) < 4.78 is 15.8. The smallest absolute Gasteiger partial charge is 0.333 e. The van der Waals surface area contributed by atoms with Gasteiger partial charge in [0.2, 0.25) is 0 Å². The molecule has 31 heavy (non-hydrogen) atoms. The molecule has 0 aromatic heterocycles. The van der Waals surface area contributed by atoms with Gasteiger partial charge in [0.1, 0.15) is 0 Å². The number of esters is 2. The van der Waals surface area contributed by atoms with Crippen LogP contribution >= 0.6 is 0 Å². The predicted molar refractivity (Wildman–Crippen MR) is 130 cm³/mol. The first-order valence-corrected chi connectivity index (χ1v) is 14.1. The van der Waals surface area contributed by atoms with E-state index in [1.807, 2.05) is 6.08 Å². The molecule has 0 radical (unpaired) electrons. The van der Waals surface area contributed by atoms with Gasteiger partial charge in [0.15, 0.2) is 8.32 Å². The molecule has 0 rings (SSSR count). The zero-order valence-electron chi connectivity index (χ0n) is 21.1. The monoisotopic (exact) mass is 452 g/mol. The van der Waals surface area contributed by atoms with Crippen LogP contribution < -0.4 is 0 Å². The van der Waals surface area contributed by atoms with Gasteiger partial charge in [0.25, 0.3) is 0 Å². The SMILES string of the molecule is C=C(CC/C=C(\C)CC/C=C(\CCCCO[Si](C)(C)C(C)(C)C)C(=O)OC)C(=O)OC. The Hall–Kier alpha value is -1.66. The zero-order chi connectivity index (χ0) is 24.1. The highest BCUT2D eigenvalue weighted by molar-refractivity contribution is 6.74. The average molecular weight is 453 g/mol. The van der Waals surface area contributed by atoms with Crippen LogP contribution in [0.1, 0.15) is 72.6 Å². The minimum Gasteiger partial charge on any atom is -0.466 e. The molecule has 0 aliphatic carbocycles. The van der Waals surface area contributed by atoms with E-state index in [1.165, 1.54) is 19.8 Å². The van der Waals surface area contributed by atoms with Gasteiger partial charge < -0.3 is 13.9 Å². The highest BCUT2D eigenvalue weighted by Gasteiger charge is 2.36. The number of unbranched alkanes of at least 4 members (excludes halogenated alkanes) is 1. The molecule has 0 bridgehead atoms. The van der Waals surface area contributed by atoms with E-state index < -0.39 is 8.32 Å². The van der Waals surface area contributed by atoms with E-state index in [9.17, 15) is 9.59 Å². The van der Waals surface area contributed by atoms with Crippen LogP contribution in [0.15, 0.2) is 35.5 Å². The molecule has 0 aliphatic heterocycles. The topological polar surface area (TPSA) is 61.8 Å². The van der Waals surface area contributed by atoms with Crippen molar-refractivity contribution in [1.29, 1.82) is 0 Å². The Morgan fingerprint density at radius 3 is 2.03 bits per heavy atom. The summed E-state index contributed by atoms with van der Waals surface area (Å²) in [5.74, 6) is -0.604. The molecule has 0 spiro atoms. The molecule has 0 fully saturated rings. The van der Waals surface area contributed by atoms with Crippen LogP contribution in [-0.2, 0) is 23.5 Å². The van der Waals surface area contributed by atoms with E-state index >= 15 is 0 Å². The van der Waals surface area contributed by atoms with Gasteiger partial charge in [0.05, 0.1) is 14.2 Å². The van der Waals surface area contributed by atoms with Crippen LogP contribution in [0.5, 0.6) is 0 Å².